The fraction of sp³-hybridized carbons (Fsp3) is 0.450. The van der Waals surface area contributed by atoms with Crippen molar-refractivity contribution in [3.05, 3.63) is 36.4 Å². The molecule has 5 rings (SSSR count). The molecule has 4 atom stereocenters. The summed E-state index contributed by atoms with van der Waals surface area (Å²) in [6, 6.07) is 7.07. The Kier molecular flexibility index (Phi) is 4.26. The Bertz CT molecular complexity index is 756. The molecular formula is C20H22N2O4. The van der Waals surface area contributed by atoms with Crippen LogP contribution in [0, 0.1) is 23.7 Å². The van der Waals surface area contributed by atoms with Crippen LogP contribution in [-0.4, -0.2) is 36.3 Å². The maximum absolute atomic E-state index is 12.7. The number of fused-ring (bicyclic) bond motifs is 1. The van der Waals surface area contributed by atoms with E-state index in [4.69, 9.17) is 4.74 Å². The number of nitrogens with one attached hydrogen (secondary N) is 1. The van der Waals surface area contributed by atoms with Crippen LogP contribution < -0.4 is 10.1 Å². The standard InChI is InChI=1S/C20H22N2O4/c1-26-15-4-2-3-14(11-15)21-16(23)9-10-22-19(24)17-12-5-6-13(8-7-12)18(17)20(22)25/h2-6,11-13,17-18H,7-10H2,1H3,(H,21,23)/t12-,13-,17+,18+/m0/s1. The fourth-order valence-electron chi connectivity index (χ4n) is 4.49. The topological polar surface area (TPSA) is 75.7 Å². The van der Waals surface area contributed by atoms with Crippen LogP contribution in [0.1, 0.15) is 19.3 Å². The van der Waals surface area contributed by atoms with Crippen LogP contribution in [0.5, 0.6) is 5.75 Å². The summed E-state index contributed by atoms with van der Waals surface area (Å²) in [5, 5.41) is 2.78. The number of nitrogens with zero attached hydrogens (tertiary/aromatic N) is 1. The lowest BCUT2D eigenvalue weighted by molar-refractivity contribution is -0.140. The summed E-state index contributed by atoms with van der Waals surface area (Å²) in [6.45, 7) is 0.139. The maximum Gasteiger partial charge on any atom is 0.233 e. The van der Waals surface area contributed by atoms with Crippen molar-refractivity contribution in [2.24, 2.45) is 23.7 Å². The van der Waals surface area contributed by atoms with E-state index in [0.717, 1.165) is 12.8 Å². The third-order valence-corrected chi connectivity index (χ3v) is 5.77. The molecule has 3 amide bonds. The van der Waals surface area contributed by atoms with E-state index in [9.17, 15) is 14.4 Å². The van der Waals surface area contributed by atoms with Gasteiger partial charge in [-0.1, -0.05) is 18.2 Å². The third-order valence-electron chi connectivity index (χ3n) is 5.77. The first-order valence-corrected chi connectivity index (χ1v) is 9.06. The molecule has 136 valence electrons. The summed E-state index contributed by atoms with van der Waals surface area (Å²) in [5.41, 5.74) is 0.629. The number of hydrogen-bond donors (Lipinski definition) is 1. The highest BCUT2D eigenvalue weighted by molar-refractivity contribution is 6.06. The highest BCUT2D eigenvalue weighted by atomic mass is 16.5. The fourth-order valence-corrected chi connectivity index (χ4v) is 4.49. The number of hydrogen-bond acceptors (Lipinski definition) is 4. The van der Waals surface area contributed by atoms with E-state index in [2.05, 4.69) is 17.5 Å². The van der Waals surface area contributed by atoms with E-state index in [1.807, 2.05) is 0 Å². The van der Waals surface area contributed by atoms with Crippen LogP contribution >= 0.6 is 0 Å². The van der Waals surface area contributed by atoms with Gasteiger partial charge in [-0.3, -0.25) is 19.3 Å². The van der Waals surface area contributed by atoms with Crippen molar-refractivity contribution in [3.63, 3.8) is 0 Å². The van der Waals surface area contributed by atoms with Crippen LogP contribution in [0.25, 0.3) is 0 Å². The summed E-state index contributed by atoms with van der Waals surface area (Å²) < 4.78 is 5.13. The Morgan fingerprint density at radius 1 is 1.15 bits per heavy atom. The molecule has 6 nitrogen and oxygen atoms in total. The summed E-state index contributed by atoms with van der Waals surface area (Å²) >= 11 is 0. The van der Waals surface area contributed by atoms with Gasteiger partial charge in [0.25, 0.3) is 0 Å². The summed E-state index contributed by atoms with van der Waals surface area (Å²) in [5.74, 6) is 0.144. The smallest absolute Gasteiger partial charge is 0.233 e. The van der Waals surface area contributed by atoms with E-state index in [-0.39, 0.29) is 54.4 Å². The summed E-state index contributed by atoms with van der Waals surface area (Å²) in [6.07, 6.45) is 6.24. The molecule has 1 saturated carbocycles. The molecule has 1 aliphatic heterocycles. The second kappa shape index (κ2) is 6.59. The highest BCUT2D eigenvalue weighted by Gasteiger charge is 2.56. The molecule has 1 saturated heterocycles. The number of carbonyl (C=O) groups is 3. The van der Waals surface area contributed by atoms with Gasteiger partial charge in [-0.2, -0.15) is 0 Å². The molecule has 1 aromatic carbocycles. The summed E-state index contributed by atoms with van der Waals surface area (Å²) in [7, 11) is 1.56. The average Bonchev–Trinajstić information content (AvgIpc) is 2.94. The van der Waals surface area contributed by atoms with Gasteiger partial charge in [0.1, 0.15) is 5.75 Å². The molecule has 0 unspecified atom stereocenters. The zero-order valence-electron chi connectivity index (χ0n) is 14.7. The molecule has 3 aliphatic carbocycles. The first-order valence-electron chi connectivity index (χ1n) is 9.06. The van der Waals surface area contributed by atoms with Crippen molar-refractivity contribution >= 4 is 23.4 Å². The van der Waals surface area contributed by atoms with Gasteiger partial charge in [-0.05, 0) is 36.8 Å². The second-order valence-electron chi connectivity index (χ2n) is 7.20. The second-order valence-corrected chi connectivity index (χ2v) is 7.20. The number of ether oxygens (including phenoxy) is 1. The van der Waals surface area contributed by atoms with Crippen molar-refractivity contribution in [1.82, 2.24) is 4.90 Å². The molecule has 1 N–H and O–H groups in total. The largest absolute Gasteiger partial charge is 0.497 e. The molecule has 4 aliphatic rings. The van der Waals surface area contributed by atoms with Crippen LogP contribution in [0.3, 0.4) is 0 Å². The van der Waals surface area contributed by atoms with E-state index in [0.29, 0.717) is 11.4 Å². The minimum Gasteiger partial charge on any atom is -0.497 e. The van der Waals surface area contributed by atoms with Crippen molar-refractivity contribution in [1.29, 1.82) is 0 Å². The third kappa shape index (κ3) is 2.79. The SMILES string of the molecule is COc1cccc(NC(=O)CCN2C(=O)[C@H]3[C@H](C2=O)[C@H]2C=C[C@H]3CC2)c1. The molecule has 0 radical (unpaired) electrons. The number of allylic oxidation sites excluding steroid dienone is 2. The normalized spacial score (nSPS) is 29.0. The molecular weight excluding hydrogens is 332 g/mol. The van der Waals surface area contributed by atoms with Gasteiger partial charge in [-0.25, -0.2) is 0 Å². The van der Waals surface area contributed by atoms with E-state index in [1.165, 1.54) is 4.90 Å². The number of methoxy groups -OCH3 is 1. The maximum atomic E-state index is 12.7. The van der Waals surface area contributed by atoms with Gasteiger partial charge in [0.05, 0.1) is 18.9 Å². The Labute approximate surface area is 152 Å². The zero-order chi connectivity index (χ0) is 18.3. The molecule has 2 bridgehead atoms. The number of amides is 3. The molecule has 6 heteroatoms. The van der Waals surface area contributed by atoms with E-state index in [1.54, 1.807) is 31.4 Å². The van der Waals surface area contributed by atoms with Crippen LogP contribution in [-0.2, 0) is 14.4 Å². The number of anilines is 1. The predicted molar refractivity (Wildman–Crippen MR) is 95.3 cm³/mol. The Morgan fingerprint density at radius 3 is 2.38 bits per heavy atom. The predicted octanol–water partition coefficient (Wildman–Crippen LogP) is 2.22. The quantitative estimate of drug-likeness (QED) is 0.650. The molecule has 1 aromatic rings. The van der Waals surface area contributed by atoms with Crippen LogP contribution in [0.15, 0.2) is 36.4 Å². The first-order chi connectivity index (χ1) is 12.6. The molecule has 2 fully saturated rings. The highest BCUT2D eigenvalue weighted by Crippen LogP contribution is 2.49. The molecule has 0 aromatic heterocycles. The van der Waals surface area contributed by atoms with Crippen molar-refractivity contribution in [2.45, 2.75) is 19.3 Å². The first kappa shape index (κ1) is 16.8. The number of carbonyl (C=O) groups excluding carboxylic acids is 3. The van der Waals surface area contributed by atoms with Gasteiger partial charge in [0.15, 0.2) is 0 Å². The molecule has 0 spiro atoms. The van der Waals surface area contributed by atoms with Gasteiger partial charge < -0.3 is 10.1 Å². The number of rotatable bonds is 5. The van der Waals surface area contributed by atoms with Crippen LogP contribution in [0.4, 0.5) is 5.69 Å². The van der Waals surface area contributed by atoms with Crippen molar-refractivity contribution in [2.75, 3.05) is 19.0 Å². The lowest BCUT2D eigenvalue weighted by Crippen LogP contribution is -2.38. The number of imide groups is 1. The van der Waals surface area contributed by atoms with Crippen molar-refractivity contribution < 1.29 is 19.1 Å². The molecule has 1 heterocycles. The number of benzene rings is 1. The Morgan fingerprint density at radius 2 is 1.81 bits per heavy atom. The minimum absolute atomic E-state index is 0.0941. The monoisotopic (exact) mass is 354 g/mol. The van der Waals surface area contributed by atoms with E-state index >= 15 is 0 Å². The zero-order valence-corrected chi connectivity index (χ0v) is 14.7. The van der Waals surface area contributed by atoms with Gasteiger partial charge in [0, 0.05) is 24.7 Å². The molecule has 26 heavy (non-hydrogen) atoms. The van der Waals surface area contributed by atoms with Gasteiger partial charge >= 0.3 is 0 Å². The summed E-state index contributed by atoms with van der Waals surface area (Å²) in [4.78, 5) is 39.0. The van der Waals surface area contributed by atoms with Crippen LogP contribution in [0.2, 0.25) is 0 Å². The Balaban J connectivity index is 1.38. The van der Waals surface area contributed by atoms with Gasteiger partial charge in [0.2, 0.25) is 17.7 Å². The number of likely N-dealkylation sites (tertiary alicyclic amines) is 1. The Hall–Kier alpha value is -2.63. The van der Waals surface area contributed by atoms with E-state index < -0.39 is 0 Å². The van der Waals surface area contributed by atoms with Crippen molar-refractivity contribution in [3.8, 4) is 5.75 Å². The average molecular weight is 354 g/mol. The lowest BCUT2D eigenvalue weighted by atomic mass is 9.63. The minimum atomic E-state index is -0.227. The lowest BCUT2D eigenvalue weighted by Gasteiger charge is -2.38. The van der Waals surface area contributed by atoms with Gasteiger partial charge in [-0.15, -0.1) is 0 Å².